The summed E-state index contributed by atoms with van der Waals surface area (Å²) in [4.78, 5) is 14.1. The third-order valence-corrected chi connectivity index (χ3v) is 4.57. The third kappa shape index (κ3) is 3.10. The summed E-state index contributed by atoms with van der Waals surface area (Å²) >= 11 is 1.59. The minimum Gasteiger partial charge on any atom is -0.392 e. The van der Waals surface area contributed by atoms with Crippen molar-refractivity contribution in [3.05, 3.63) is 21.4 Å². The average Bonchev–Trinajstić information content (AvgIpc) is 2.79. The van der Waals surface area contributed by atoms with E-state index in [4.69, 9.17) is 5.73 Å². The quantitative estimate of drug-likeness (QED) is 0.764. The molecule has 0 bridgehead atoms. The molecule has 2 unspecified atom stereocenters. The molecule has 1 aromatic heterocycles. The Morgan fingerprint density at radius 2 is 2.28 bits per heavy atom. The van der Waals surface area contributed by atoms with E-state index in [2.05, 4.69) is 5.32 Å². The normalized spacial score (nSPS) is 17.9. The lowest BCUT2D eigenvalue weighted by Crippen LogP contribution is -2.43. The molecule has 4 nitrogen and oxygen atoms in total. The fourth-order valence-electron chi connectivity index (χ4n) is 2.07. The van der Waals surface area contributed by atoms with E-state index in [9.17, 15) is 9.90 Å². The highest BCUT2D eigenvalue weighted by atomic mass is 32.1. The maximum atomic E-state index is 12.0. The summed E-state index contributed by atoms with van der Waals surface area (Å²) in [5, 5.41) is 12.0. The summed E-state index contributed by atoms with van der Waals surface area (Å²) < 4.78 is 0. The Morgan fingerprint density at radius 3 is 2.94 bits per heavy atom. The number of carbonyl (C=O) groups is 1. The molecule has 0 aromatic carbocycles. The first kappa shape index (κ1) is 13.5. The molecule has 100 valence electrons. The van der Waals surface area contributed by atoms with E-state index in [0.717, 1.165) is 17.7 Å². The molecule has 0 saturated carbocycles. The monoisotopic (exact) mass is 268 g/mol. The number of carbonyl (C=O) groups excluding carboxylic acids is 1. The van der Waals surface area contributed by atoms with Crippen LogP contribution >= 0.6 is 11.3 Å². The number of nitrogens with one attached hydrogen (secondary N) is 1. The molecule has 0 spiro atoms. The molecule has 2 rings (SSSR count). The molecule has 0 radical (unpaired) electrons. The second-order valence-electron chi connectivity index (χ2n) is 4.88. The smallest absolute Gasteiger partial charge is 0.261 e. The van der Waals surface area contributed by atoms with Gasteiger partial charge in [0.1, 0.15) is 0 Å². The molecule has 1 aliphatic carbocycles. The SMILES string of the molecule is CC(O)C(N)CNC(=O)c1cc2c(s1)CCCC2. The number of aryl methyl sites for hydroxylation is 2. The number of amides is 1. The van der Waals surface area contributed by atoms with Crippen LogP contribution in [0.1, 0.15) is 39.9 Å². The largest absolute Gasteiger partial charge is 0.392 e. The van der Waals surface area contributed by atoms with E-state index in [0.29, 0.717) is 6.54 Å². The standard InChI is InChI=1S/C13H20N2O2S/c1-8(16)10(14)7-15-13(17)12-6-9-4-2-3-5-11(9)18-12/h6,8,10,16H,2-5,7,14H2,1H3,(H,15,17). The van der Waals surface area contributed by atoms with Crippen molar-refractivity contribution in [2.24, 2.45) is 5.73 Å². The summed E-state index contributed by atoms with van der Waals surface area (Å²) in [6, 6.07) is 1.59. The predicted molar refractivity (Wildman–Crippen MR) is 73.0 cm³/mol. The van der Waals surface area contributed by atoms with Gasteiger partial charge in [-0.25, -0.2) is 0 Å². The highest BCUT2D eigenvalue weighted by Gasteiger charge is 2.18. The molecule has 4 N–H and O–H groups in total. The van der Waals surface area contributed by atoms with Crippen molar-refractivity contribution in [1.82, 2.24) is 5.32 Å². The number of thiophene rings is 1. The Hall–Kier alpha value is -0.910. The second kappa shape index (κ2) is 5.82. The summed E-state index contributed by atoms with van der Waals surface area (Å²) in [6.07, 6.45) is 4.02. The molecule has 18 heavy (non-hydrogen) atoms. The van der Waals surface area contributed by atoms with Crippen molar-refractivity contribution in [1.29, 1.82) is 0 Å². The Balaban J connectivity index is 1.95. The summed E-state index contributed by atoms with van der Waals surface area (Å²) in [7, 11) is 0. The van der Waals surface area contributed by atoms with Gasteiger partial charge in [0, 0.05) is 17.5 Å². The first-order valence-electron chi connectivity index (χ1n) is 6.41. The van der Waals surface area contributed by atoms with Crippen LogP contribution in [0.2, 0.25) is 0 Å². The highest BCUT2D eigenvalue weighted by Crippen LogP contribution is 2.29. The Kier molecular flexibility index (Phi) is 4.37. The molecule has 1 heterocycles. The van der Waals surface area contributed by atoms with Crippen molar-refractivity contribution in [2.45, 2.75) is 44.8 Å². The number of rotatable bonds is 4. The van der Waals surface area contributed by atoms with Gasteiger partial charge in [0.2, 0.25) is 0 Å². The van der Waals surface area contributed by atoms with Crippen molar-refractivity contribution < 1.29 is 9.90 Å². The third-order valence-electron chi connectivity index (χ3n) is 3.34. The van der Waals surface area contributed by atoms with E-state index < -0.39 is 12.1 Å². The average molecular weight is 268 g/mol. The van der Waals surface area contributed by atoms with Crippen LogP contribution in [-0.4, -0.2) is 29.7 Å². The van der Waals surface area contributed by atoms with Gasteiger partial charge >= 0.3 is 0 Å². The summed E-state index contributed by atoms with van der Waals surface area (Å²) in [6.45, 7) is 1.93. The zero-order chi connectivity index (χ0) is 13.1. The van der Waals surface area contributed by atoms with Crippen molar-refractivity contribution in [2.75, 3.05) is 6.54 Å². The van der Waals surface area contributed by atoms with Gasteiger partial charge in [-0.3, -0.25) is 4.79 Å². The fraction of sp³-hybridized carbons (Fsp3) is 0.615. The molecule has 0 saturated heterocycles. The molecule has 1 aliphatic rings. The Labute approximate surface area is 111 Å². The van der Waals surface area contributed by atoms with Gasteiger partial charge in [0.05, 0.1) is 11.0 Å². The van der Waals surface area contributed by atoms with Crippen LogP contribution in [-0.2, 0) is 12.8 Å². The van der Waals surface area contributed by atoms with E-state index in [-0.39, 0.29) is 5.91 Å². The van der Waals surface area contributed by atoms with Gasteiger partial charge < -0.3 is 16.2 Å². The zero-order valence-corrected chi connectivity index (χ0v) is 11.4. The fourth-order valence-corrected chi connectivity index (χ4v) is 3.24. The molecule has 2 atom stereocenters. The molecule has 0 fully saturated rings. The molecular weight excluding hydrogens is 248 g/mol. The first-order valence-corrected chi connectivity index (χ1v) is 7.23. The van der Waals surface area contributed by atoms with Crippen LogP contribution in [0.15, 0.2) is 6.07 Å². The second-order valence-corrected chi connectivity index (χ2v) is 6.02. The van der Waals surface area contributed by atoms with E-state index >= 15 is 0 Å². The summed E-state index contributed by atoms with van der Waals surface area (Å²) in [5.74, 6) is -0.0782. The van der Waals surface area contributed by atoms with Crippen molar-refractivity contribution in [3.8, 4) is 0 Å². The van der Waals surface area contributed by atoms with E-state index in [1.165, 1.54) is 23.3 Å². The van der Waals surface area contributed by atoms with Gasteiger partial charge in [-0.15, -0.1) is 11.3 Å². The van der Waals surface area contributed by atoms with E-state index in [1.54, 1.807) is 18.3 Å². The maximum absolute atomic E-state index is 12.0. The number of fused-ring (bicyclic) bond motifs is 1. The van der Waals surface area contributed by atoms with E-state index in [1.807, 2.05) is 6.07 Å². The zero-order valence-electron chi connectivity index (χ0n) is 10.6. The van der Waals surface area contributed by atoms with Crippen molar-refractivity contribution >= 4 is 17.2 Å². The number of aliphatic hydroxyl groups excluding tert-OH is 1. The lowest BCUT2D eigenvalue weighted by Gasteiger charge is -2.14. The lowest BCUT2D eigenvalue weighted by atomic mass is 9.99. The van der Waals surface area contributed by atoms with Crippen LogP contribution in [0, 0.1) is 0 Å². The van der Waals surface area contributed by atoms with Crippen molar-refractivity contribution in [3.63, 3.8) is 0 Å². The number of nitrogens with two attached hydrogens (primary N) is 1. The number of hydrogen-bond acceptors (Lipinski definition) is 4. The first-order chi connectivity index (χ1) is 8.58. The van der Waals surface area contributed by atoms with Crippen LogP contribution in [0.3, 0.4) is 0 Å². The highest BCUT2D eigenvalue weighted by molar-refractivity contribution is 7.14. The minimum atomic E-state index is -0.609. The van der Waals surface area contributed by atoms with Gasteiger partial charge in [-0.1, -0.05) is 0 Å². The van der Waals surface area contributed by atoms with Gasteiger partial charge in [-0.05, 0) is 44.2 Å². The number of hydrogen-bond donors (Lipinski definition) is 3. The van der Waals surface area contributed by atoms with Crippen LogP contribution in [0.25, 0.3) is 0 Å². The summed E-state index contributed by atoms with van der Waals surface area (Å²) in [5.41, 5.74) is 7.01. The molecule has 0 aliphatic heterocycles. The maximum Gasteiger partial charge on any atom is 0.261 e. The minimum absolute atomic E-state index is 0.0782. The van der Waals surface area contributed by atoms with Crippen LogP contribution in [0.5, 0.6) is 0 Å². The van der Waals surface area contributed by atoms with Gasteiger partial charge in [-0.2, -0.15) is 0 Å². The molecular formula is C13H20N2O2S. The molecule has 1 amide bonds. The number of aliphatic hydroxyl groups is 1. The topological polar surface area (TPSA) is 75.3 Å². The van der Waals surface area contributed by atoms with Gasteiger partial charge in [0.25, 0.3) is 5.91 Å². The van der Waals surface area contributed by atoms with Crippen LogP contribution in [0.4, 0.5) is 0 Å². The molecule has 5 heteroatoms. The van der Waals surface area contributed by atoms with Crippen LogP contribution < -0.4 is 11.1 Å². The Bertz CT molecular complexity index is 405. The lowest BCUT2D eigenvalue weighted by molar-refractivity contribution is 0.0941. The predicted octanol–water partition coefficient (Wildman–Crippen LogP) is 1.06. The van der Waals surface area contributed by atoms with Gasteiger partial charge in [0.15, 0.2) is 0 Å². The molecule has 1 aromatic rings. The Morgan fingerprint density at radius 1 is 1.56 bits per heavy atom.